The predicted molar refractivity (Wildman–Crippen MR) is 39.7 cm³/mol. The van der Waals surface area contributed by atoms with E-state index in [0.29, 0.717) is 18.8 Å². The van der Waals surface area contributed by atoms with E-state index < -0.39 is 6.43 Å². The van der Waals surface area contributed by atoms with Crippen LogP contribution in [0.4, 0.5) is 8.78 Å². The van der Waals surface area contributed by atoms with Crippen LogP contribution in [0.3, 0.4) is 0 Å². The summed E-state index contributed by atoms with van der Waals surface area (Å²) in [4.78, 5) is 7.41. The second-order valence-corrected chi connectivity index (χ2v) is 2.24. The molecular formula is C7H9F2N3. The molecule has 0 saturated carbocycles. The summed E-state index contributed by atoms with van der Waals surface area (Å²) < 4.78 is 24.1. The Morgan fingerprint density at radius 1 is 1.50 bits per heavy atom. The quantitative estimate of drug-likeness (QED) is 0.739. The Morgan fingerprint density at radius 2 is 2.25 bits per heavy atom. The molecule has 1 aromatic heterocycles. The Kier molecular flexibility index (Phi) is 3.04. The zero-order valence-corrected chi connectivity index (χ0v) is 6.37. The van der Waals surface area contributed by atoms with Crippen molar-refractivity contribution >= 4 is 0 Å². The molecule has 0 aliphatic rings. The van der Waals surface area contributed by atoms with Gasteiger partial charge in [-0.3, -0.25) is 0 Å². The normalized spacial score (nSPS) is 10.7. The maximum atomic E-state index is 12.1. The van der Waals surface area contributed by atoms with E-state index in [1.165, 1.54) is 12.3 Å². The third-order valence-corrected chi connectivity index (χ3v) is 1.32. The van der Waals surface area contributed by atoms with Gasteiger partial charge < -0.3 is 5.73 Å². The minimum Gasteiger partial charge on any atom is -0.330 e. The van der Waals surface area contributed by atoms with E-state index in [2.05, 4.69) is 9.97 Å². The van der Waals surface area contributed by atoms with Gasteiger partial charge in [0.05, 0.1) is 0 Å². The maximum Gasteiger partial charge on any atom is 0.280 e. The number of nitrogens with zero attached hydrogens (tertiary/aromatic N) is 2. The van der Waals surface area contributed by atoms with Crippen molar-refractivity contribution in [1.29, 1.82) is 0 Å². The van der Waals surface area contributed by atoms with E-state index >= 15 is 0 Å². The van der Waals surface area contributed by atoms with Gasteiger partial charge in [-0.15, -0.1) is 0 Å². The highest BCUT2D eigenvalue weighted by Gasteiger charge is 2.08. The van der Waals surface area contributed by atoms with Crippen LogP contribution < -0.4 is 5.73 Å². The van der Waals surface area contributed by atoms with Gasteiger partial charge in [0.15, 0.2) is 0 Å². The number of rotatable bonds is 3. The Labute approximate surface area is 68.6 Å². The highest BCUT2D eigenvalue weighted by Crippen LogP contribution is 2.14. The molecule has 0 atom stereocenters. The first-order chi connectivity index (χ1) is 5.74. The van der Waals surface area contributed by atoms with E-state index in [1.54, 1.807) is 0 Å². The lowest BCUT2D eigenvalue weighted by molar-refractivity contribution is 0.145. The molecular weight excluding hydrogens is 164 g/mol. The summed E-state index contributed by atoms with van der Waals surface area (Å²) in [7, 11) is 0. The van der Waals surface area contributed by atoms with E-state index in [0.717, 1.165) is 0 Å². The first kappa shape index (κ1) is 8.99. The smallest absolute Gasteiger partial charge is 0.280 e. The van der Waals surface area contributed by atoms with Crippen molar-refractivity contribution in [3.8, 4) is 0 Å². The number of halogens is 2. The molecule has 0 saturated heterocycles. The Balaban J connectivity index is 2.81. The molecule has 2 N–H and O–H groups in total. The fourth-order valence-electron chi connectivity index (χ4n) is 0.786. The number of alkyl halides is 2. The van der Waals surface area contributed by atoms with Crippen LogP contribution in [0.15, 0.2) is 12.3 Å². The van der Waals surface area contributed by atoms with E-state index in [1.807, 2.05) is 0 Å². The number of hydrogen-bond acceptors (Lipinski definition) is 3. The van der Waals surface area contributed by atoms with Gasteiger partial charge in [-0.05, 0) is 12.6 Å². The average molecular weight is 173 g/mol. The lowest BCUT2D eigenvalue weighted by Crippen LogP contribution is -2.07. The molecule has 0 radical (unpaired) electrons. The third kappa shape index (κ3) is 2.20. The zero-order chi connectivity index (χ0) is 8.97. The summed E-state index contributed by atoms with van der Waals surface area (Å²) in [6, 6.07) is 1.20. The molecule has 1 heterocycles. The van der Waals surface area contributed by atoms with Crippen LogP contribution >= 0.6 is 0 Å². The molecule has 66 valence electrons. The summed E-state index contributed by atoms with van der Waals surface area (Å²) in [5.74, 6) is 0.371. The predicted octanol–water partition coefficient (Wildman–Crippen LogP) is 0.915. The largest absolute Gasteiger partial charge is 0.330 e. The molecule has 1 aromatic rings. The van der Waals surface area contributed by atoms with Gasteiger partial charge in [0.2, 0.25) is 0 Å². The van der Waals surface area contributed by atoms with Crippen molar-refractivity contribution in [3.63, 3.8) is 0 Å². The summed E-state index contributed by atoms with van der Waals surface area (Å²) >= 11 is 0. The summed E-state index contributed by atoms with van der Waals surface area (Å²) in [5, 5.41) is 0. The molecule has 1 rings (SSSR count). The van der Waals surface area contributed by atoms with Crippen molar-refractivity contribution in [1.82, 2.24) is 9.97 Å². The van der Waals surface area contributed by atoms with Crippen LogP contribution in [0.25, 0.3) is 0 Å². The molecule has 0 unspecified atom stereocenters. The average Bonchev–Trinajstić information content (AvgIpc) is 2.05. The molecule has 0 aliphatic heterocycles. The van der Waals surface area contributed by atoms with Crippen LogP contribution in [0.5, 0.6) is 0 Å². The molecule has 0 spiro atoms. The fourth-order valence-corrected chi connectivity index (χ4v) is 0.786. The fraction of sp³-hybridized carbons (Fsp3) is 0.429. The van der Waals surface area contributed by atoms with Gasteiger partial charge in [-0.25, -0.2) is 18.7 Å². The van der Waals surface area contributed by atoms with E-state index in [4.69, 9.17) is 5.73 Å². The van der Waals surface area contributed by atoms with Crippen LogP contribution in [0.1, 0.15) is 17.9 Å². The highest BCUT2D eigenvalue weighted by atomic mass is 19.3. The standard InChI is InChI=1S/C7H9F2N3/c8-7(9)5-2-4-11-6(12-5)1-3-10/h2,4,7H,1,3,10H2. The van der Waals surface area contributed by atoms with Gasteiger partial charge in [0, 0.05) is 12.6 Å². The van der Waals surface area contributed by atoms with Crippen LogP contribution in [-0.2, 0) is 6.42 Å². The second-order valence-electron chi connectivity index (χ2n) is 2.24. The molecule has 0 fully saturated rings. The van der Waals surface area contributed by atoms with Crippen molar-refractivity contribution in [3.05, 3.63) is 23.8 Å². The Morgan fingerprint density at radius 3 is 2.83 bits per heavy atom. The van der Waals surface area contributed by atoms with Crippen molar-refractivity contribution in [2.45, 2.75) is 12.8 Å². The van der Waals surface area contributed by atoms with Crippen molar-refractivity contribution in [2.24, 2.45) is 5.73 Å². The minimum absolute atomic E-state index is 0.242. The van der Waals surface area contributed by atoms with Gasteiger partial charge in [-0.1, -0.05) is 0 Å². The Hall–Kier alpha value is -1.10. The van der Waals surface area contributed by atoms with Gasteiger partial charge in [0.1, 0.15) is 11.5 Å². The first-order valence-corrected chi connectivity index (χ1v) is 3.54. The zero-order valence-electron chi connectivity index (χ0n) is 6.37. The molecule has 5 heteroatoms. The van der Waals surface area contributed by atoms with Crippen LogP contribution in [0.2, 0.25) is 0 Å². The minimum atomic E-state index is -2.54. The highest BCUT2D eigenvalue weighted by molar-refractivity contribution is 5.03. The topological polar surface area (TPSA) is 51.8 Å². The summed E-state index contributed by atoms with van der Waals surface area (Å²) in [5.41, 5.74) is 4.98. The lowest BCUT2D eigenvalue weighted by atomic mass is 10.3. The third-order valence-electron chi connectivity index (χ3n) is 1.32. The Bertz CT molecular complexity index is 252. The maximum absolute atomic E-state index is 12.1. The molecule has 0 bridgehead atoms. The van der Waals surface area contributed by atoms with Crippen molar-refractivity contribution < 1.29 is 8.78 Å². The van der Waals surface area contributed by atoms with Crippen molar-refractivity contribution in [2.75, 3.05) is 6.54 Å². The first-order valence-electron chi connectivity index (χ1n) is 3.54. The summed E-state index contributed by atoms with van der Waals surface area (Å²) in [6.07, 6.45) is -0.787. The van der Waals surface area contributed by atoms with Crippen LogP contribution in [0, 0.1) is 0 Å². The monoisotopic (exact) mass is 173 g/mol. The van der Waals surface area contributed by atoms with Gasteiger partial charge in [-0.2, -0.15) is 0 Å². The van der Waals surface area contributed by atoms with Crippen LogP contribution in [-0.4, -0.2) is 16.5 Å². The van der Waals surface area contributed by atoms with E-state index in [9.17, 15) is 8.78 Å². The van der Waals surface area contributed by atoms with Gasteiger partial charge >= 0.3 is 0 Å². The lowest BCUT2D eigenvalue weighted by Gasteiger charge is -2.00. The molecule has 0 aliphatic carbocycles. The van der Waals surface area contributed by atoms with Gasteiger partial charge in [0.25, 0.3) is 6.43 Å². The van der Waals surface area contributed by atoms with E-state index in [-0.39, 0.29) is 5.69 Å². The summed E-state index contributed by atoms with van der Waals surface area (Å²) in [6.45, 7) is 0.368. The number of nitrogens with two attached hydrogens (primary N) is 1. The SMILES string of the molecule is NCCc1nccc(C(F)F)n1. The number of hydrogen-bond donors (Lipinski definition) is 1. The molecule has 0 aromatic carbocycles. The molecule has 3 nitrogen and oxygen atoms in total. The molecule has 12 heavy (non-hydrogen) atoms. The molecule has 0 amide bonds. The second kappa shape index (κ2) is 4.06. The number of aromatic nitrogens is 2.